The predicted octanol–water partition coefficient (Wildman–Crippen LogP) is 2.99. The summed E-state index contributed by atoms with van der Waals surface area (Å²) < 4.78 is 11.4. The van der Waals surface area contributed by atoms with E-state index in [1.807, 2.05) is 0 Å². The summed E-state index contributed by atoms with van der Waals surface area (Å²) in [7, 11) is 0. The van der Waals surface area contributed by atoms with Crippen LogP contribution in [-0.4, -0.2) is 39.0 Å². The second kappa shape index (κ2) is 10.8. The Morgan fingerprint density at radius 1 is 1.06 bits per heavy atom. The van der Waals surface area contributed by atoms with E-state index in [0.29, 0.717) is 6.10 Å². The van der Waals surface area contributed by atoms with E-state index in [-0.39, 0.29) is 0 Å². The van der Waals surface area contributed by atoms with Gasteiger partial charge in [-0.15, -0.1) is 0 Å². The molecular formula is C15H31NO2. The second-order valence-electron chi connectivity index (χ2n) is 5.39. The number of unbranched alkanes of at least 4 members (excludes halogenated alkanes) is 1. The molecule has 1 fully saturated rings. The molecule has 0 aromatic heterocycles. The van der Waals surface area contributed by atoms with Gasteiger partial charge in [0.25, 0.3) is 0 Å². The molecule has 0 amide bonds. The van der Waals surface area contributed by atoms with Crippen molar-refractivity contribution in [1.29, 1.82) is 0 Å². The minimum atomic E-state index is 0.501. The Morgan fingerprint density at radius 3 is 2.61 bits per heavy atom. The average Bonchev–Trinajstić information content (AvgIpc) is 2.39. The largest absolute Gasteiger partial charge is 0.380 e. The molecule has 1 rings (SSSR count). The van der Waals surface area contributed by atoms with Crippen molar-refractivity contribution in [2.75, 3.05) is 32.9 Å². The monoisotopic (exact) mass is 257 g/mol. The van der Waals surface area contributed by atoms with E-state index in [1.165, 1.54) is 38.5 Å². The average molecular weight is 257 g/mol. The molecule has 3 nitrogen and oxygen atoms in total. The van der Waals surface area contributed by atoms with E-state index >= 15 is 0 Å². The summed E-state index contributed by atoms with van der Waals surface area (Å²) in [4.78, 5) is 0. The van der Waals surface area contributed by atoms with Crippen molar-refractivity contribution in [3.8, 4) is 0 Å². The smallest absolute Gasteiger partial charge is 0.0601 e. The summed E-state index contributed by atoms with van der Waals surface area (Å²) in [6.07, 6.45) is 8.19. The molecule has 0 aliphatic heterocycles. The van der Waals surface area contributed by atoms with Gasteiger partial charge in [0, 0.05) is 19.7 Å². The van der Waals surface area contributed by atoms with Gasteiger partial charge in [0.05, 0.1) is 19.3 Å². The van der Waals surface area contributed by atoms with Crippen molar-refractivity contribution in [2.45, 2.75) is 58.5 Å². The van der Waals surface area contributed by atoms with Gasteiger partial charge in [0.2, 0.25) is 0 Å². The van der Waals surface area contributed by atoms with Crippen LogP contribution in [0.4, 0.5) is 0 Å². The maximum absolute atomic E-state index is 5.94. The number of hydrogen-bond acceptors (Lipinski definition) is 3. The van der Waals surface area contributed by atoms with E-state index < -0.39 is 0 Å². The maximum Gasteiger partial charge on any atom is 0.0601 e. The molecule has 0 saturated heterocycles. The molecule has 1 saturated carbocycles. The first-order chi connectivity index (χ1) is 8.84. The van der Waals surface area contributed by atoms with Crippen LogP contribution < -0.4 is 5.32 Å². The van der Waals surface area contributed by atoms with Crippen LogP contribution >= 0.6 is 0 Å². The van der Waals surface area contributed by atoms with Crippen LogP contribution in [0.2, 0.25) is 0 Å². The summed E-state index contributed by atoms with van der Waals surface area (Å²) in [5.41, 5.74) is 0. The minimum Gasteiger partial charge on any atom is -0.380 e. The maximum atomic E-state index is 5.94. The van der Waals surface area contributed by atoms with E-state index in [9.17, 15) is 0 Å². The molecule has 1 N–H and O–H groups in total. The first kappa shape index (κ1) is 15.9. The predicted molar refractivity (Wildman–Crippen MR) is 76.0 cm³/mol. The number of rotatable bonds is 10. The summed E-state index contributed by atoms with van der Waals surface area (Å²) in [6.45, 7) is 8.94. The van der Waals surface area contributed by atoms with Gasteiger partial charge in [0.15, 0.2) is 0 Å². The van der Waals surface area contributed by atoms with Crippen molar-refractivity contribution >= 4 is 0 Å². The Balaban J connectivity index is 1.83. The quantitative estimate of drug-likeness (QED) is 0.610. The molecule has 1 aliphatic rings. The molecule has 2 atom stereocenters. The van der Waals surface area contributed by atoms with Crippen molar-refractivity contribution in [3.05, 3.63) is 0 Å². The molecule has 2 unspecified atom stereocenters. The van der Waals surface area contributed by atoms with E-state index in [1.54, 1.807) is 0 Å². The lowest BCUT2D eigenvalue weighted by molar-refractivity contribution is -0.00358. The lowest BCUT2D eigenvalue weighted by Crippen LogP contribution is -2.30. The van der Waals surface area contributed by atoms with Gasteiger partial charge in [-0.2, -0.15) is 0 Å². The van der Waals surface area contributed by atoms with Crippen LogP contribution in [-0.2, 0) is 9.47 Å². The fourth-order valence-electron chi connectivity index (χ4n) is 2.43. The molecule has 0 spiro atoms. The van der Waals surface area contributed by atoms with Gasteiger partial charge < -0.3 is 14.8 Å². The fraction of sp³-hybridized carbons (Fsp3) is 1.00. The molecule has 0 aromatic rings. The Hall–Kier alpha value is -0.120. The molecule has 0 aromatic carbocycles. The second-order valence-corrected chi connectivity index (χ2v) is 5.39. The first-order valence-corrected chi connectivity index (χ1v) is 7.74. The highest BCUT2D eigenvalue weighted by molar-refractivity contribution is 4.72. The van der Waals surface area contributed by atoms with Crippen molar-refractivity contribution < 1.29 is 9.47 Å². The van der Waals surface area contributed by atoms with Crippen LogP contribution in [0.1, 0.15) is 52.4 Å². The number of nitrogens with one attached hydrogen (secondary N) is 1. The summed E-state index contributed by atoms with van der Waals surface area (Å²) in [6, 6.07) is 0. The van der Waals surface area contributed by atoms with Crippen molar-refractivity contribution in [2.24, 2.45) is 5.92 Å². The van der Waals surface area contributed by atoms with Crippen LogP contribution in [0.3, 0.4) is 0 Å². The molecule has 0 heterocycles. The van der Waals surface area contributed by atoms with Gasteiger partial charge in [0.1, 0.15) is 0 Å². The topological polar surface area (TPSA) is 30.5 Å². The third-order valence-electron chi connectivity index (χ3n) is 3.71. The summed E-state index contributed by atoms with van der Waals surface area (Å²) >= 11 is 0. The number of hydrogen-bond donors (Lipinski definition) is 1. The third kappa shape index (κ3) is 7.34. The highest BCUT2D eigenvalue weighted by Gasteiger charge is 2.21. The lowest BCUT2D eigenvalue weighted by Gasteiger charge is -2.28. The molecule has 3 heteroatoms. The fourth-order valence-corrected chi connectivity index (χ4v) is 2.43. The van der Waals surface area contributed by atoms with E-state index in [4.69, 9.17) is 9.47 Å². The molecular weight excluding hydrogens is 226 g/mol. The van der Waals surface area contributed by atoms with E-state index in [2.05, 4.69) is 19.2 Å². The molecule has 108 valence electrons. The normalized spacial score (nSPS) is 24.3. The molecule has 0 bridgehead atoms. The third-order valence-corrected chi connectivity index (χ3v) is 3.71. The first-order valence-electron chi connectivity index (χ1n) is 7.74. The van der Waals surface area contributed by atoms with Gasteiger partial charge in [-0.3, -0.25) is 0 Å². The molecule has 0 radical (unpaired) electrons. The van der Waals surface area contributed by atoms with Gasteiger partial charge in [-0.05, 0) is 25.2 Å². The van der Waals surface area contributed by atoms with Crippen LogP contribution in [0.15, 0.2) is 0 Å². The highest BCUT2D eigenvalue weighted by atomic mass is 16.5. The standard InChI is InChI=1S/C15H31NO2/c1-3-4-11-17-12-9-16-10-13-18-15-8-6-5-7-14(15)2/h14-16H,3-13H2,1-2H3. The highest BCUT2D eigenvalue weighted by Crippen LogP contribution is 2.25. The van der Waals surface area contributed by atoms with E-state index in [0.717, 1.165) is 38.8 Å². The zero-order valence-electron chi connectivity index (χ0n) is 12.2. The molecule has 1 aliphatic carbocycles. The Kier molecular flexibility index (Phi) is 9.54. The SMILES string of the molecule is CCCCOCCNCCOC1CCCCC1C. The van der Waals surface area contributed by atoms with Crippen LogP contribution in [0.5, 0.6) is 0 Å². The van der Waals surface area contributed by atoms with Gasteiger partial charge in [-0.25, -0.2) is 0 Å². The Bertz CT molecular complexity index is 187. The molecule has 18 heavy (non-hydrogen) atoms. The summed E-state index contributed by atoms with van der Waals surface area (Å²) in [5, 5.41) is 3.37. The zero-order valence-corrected chi connectivity index (χ0v) is 12.2. The Morgan fingerprint density at radius 2 is 1.83 bits per heavy atom. The van der Waals surface area contributed by atoms with Crippen molar-refractivity contribution in [3.63, 3.8) is 0 Å². The van der Waals surface area contributed by atoms with Crippen LogP contribution in [0.25, 0.3) is 0 Å². The van der Waals surface area contributed by atoms with Gasteiger partial charge in [-0.1, -0.05) is 33.1 Å². The van der Waals surface area contributed by atoms with Crippen LogP contribution in [0, 0.1) is 5.92 Å². The minimum absolute atomic E-state index is 0.501. The lowest BCUT2D eigenvalue weighted by atomic mass is 9.88. The zero-order chi connectivity index (χ0) is 13.1. The number of ether oxygens (including phenoxy) is 2. The summed E-state index contributed by atoms with van der Waals surface area (Å²) in [5.74, 6) is 0.746. The Labute approximate surface area is 113 Å². The van der Waals surface area contributed by atoms with Crippen molar-refractivity contribution in [1.82, 2.24) is 5.32 Å². The van der Waals surface area contributed by atoms with Gasteiger partial charge >= 0.3 is 0 Å².